The smallest absolute Gasteiger partial charge is 0.258 e. The Bertz CT molecular complexity index is 5990. The minimum atomic E-state index is -0.594. The topological polar surface area (TPSA) is 405 Å². The zero-order valence-corrected chi connectivity index (χ0v) is 82.4. The molecule has 0 aliphatic carbocycles. The number of phenols is 6. The molecule has 10 aromatic carbocycles. The molecular formula is C110H144N10O20. The van der Waals surface area contributed by atoms with Crippen molar-refractivity contribution < 1.29 is 98.7 Å². The van der Waals surface area contributed by atoms with Gasteiger partial charge in [0.2, 0.25) is 0 Å². The van der Waals surface area contributed by atoms with E-state index in [-0.39, 0.29) is 139 Å². The number of fused-ring (bicyclic) bond motifs is 5. The van der Waals surface area contributed by atoms with Crippen LogP contribution in [0.25, 0.3) is 0 Å². The summed E-state index contributed by atoms with van der Waals surface area (Å²) in [6.45, 7) is 20.7. The predicted octanol–water partition coefficient (Wildman–Crippen LogP) is 14.9. The summed E-state index contributed by atoms with van der Waals surface area (Å²) in [5, 5.41) is 112. The fourth-order valence-corrected chi connectivity index (χ4v) is 17.8. The lowest BCUT2D eigenvalue weighted by molar-refractivity contribution is 0.0740. The number of nitrogens with zero attached hydrogens (tertiary/aromatic N) is 6. The first-order valence-corrected chi connectivity index (χ1v) is 46.7. The van der Waals surface area contributed by atoms with Gasteiger partial charge in [0.1, 0.15) is 63.6 Å². The lowest BCUT2D eigenvalue weighted by Crippen LogP contribution is -2.26. The van der Waals surface area contributed by atoms with Gasteiger partial charge in [-0.1, -0.05) is 154 Å². The molecule has 0 saturated carbocycles. The number of amides is 5. The quantitative estimate of drug-likeness (QED) is 0.0213. The standard InChI is InChI=1S/C23H30N2O4.C22H28N2O4.C21H23NO4.2C20H24N2O4.C2H7N.2CH4/c1-14(2)18-9-19(20(26)10-22(18)29-5)23(28)25-11-16-7-6-15(8-17(16)12-25)21(27)13-24(3)4;1-13(2)17-8-18(20(26)9-21(17)28-4)22(27)24-10-15-6-5-14(7-16(15)11-24)19(12-25)23-3;1-4-13-8-17(19(25-3)9-18(13)24-2)21(23)22-10-15-6-5-14(20-12-26-20)7-16(15)11-22;1-3-12-7-16(18(24)8-17(12)23)20(26)22-10-14-5-4-13(6-15(14)11-22)19(25)9-21-2;1-3-12-7-16(19(25)8-18(12)24)20(26)22-9-14-5-4-13(6-15(14)10-22)17(11-23)21-2;1-3-2;;/h6-10,14,21,26-27H,11-13H2,1-5H3;5-9,13,19,23,25-26H,10-12H2,1-4H3;5-9,20H,4,10-12H2,1-3H3;4-8,19,21,23-25H,3,9-11H2,1-2H3;4-8,17,21,23-25H,3,9-11H2,1-2H3;3H,1-2H3;2*1H4. The van der Waals surface area contributed by atoms with E-state index in [1.165, 1.54) is 41.0 Å². The van der Waals surface area contributed by atoms with Crippen molar-refractivity contribution in [1.29, 1.82) is 0 Å². The van der Waals surface area contributed by atoms with Crippen LogP contribution in [0.2, 0.25) is 0 Å². The highest BCUT2D eigenvalue weighted by Crippen LogP contribution is 2.43. The number of ether oxygens (including phenoxy) is 5. The van der Waals surface area contributed by atoms with Crippen molar-refractivity contribution in [3.8, 4) is 57.5 Å². The fraction of sp³-hybridized carbons (Fsp3) is 0.409. The van der Waals surface area contributed by atoms with Crippen molar-refractivity contribution in [3.05, 3.63) is 291 Å². The Morgan fingerprint density at radius 1 is 0.379 bits per heavy atom. The zero-order valence-electron chi connectivity index (χ0n) is 82.4. The van der Waals surface area contributed by atoms with Gasteiger partial charge in [0.05, 0.1) is 100 Å². The maximum absolute atomic E-state index is 13.2. The Hall–Kier alpha value is -12.9. The second kappa shape index (κ2) is 50.3. The fourth-order valence-electron chi connectivity index (χ4n) is 17.8. The molecule has 0 bridgehead atoms. The van der Waals surface area contributed by atoms with E-state index in [2.05, 4.69) is 39.5 Å². The van der Waals surface area contributed by atoms with Gasteiger partial charge in [0, 0.05) is 109 Å². The van der Waals surface area contributed by atoms with Gasteiger partial charge in [-0.25, -0.2) is 0 Å². The van der Waals surface area contributed by atoms with E-state index in [0.29, 0.717) is 131 Å². The molecule has 6 aliphatic rings. The van der Waals surface area contributed by atoms with E-state index in [1.807, 2.05) is 172 Å². The number of likely N-dealkylation sites (N-methyl/N-ethyl adjacent to an activating group) is 4. The largest absolute Gasteiger partial charge is 0.508 e. The number of nitrogens with one attached hydrogen (secondary N) is 4. The number of aryl methyl sites for hydroxylation is 3. The normalized spacial score (nSPS) is 14.6. The van der Waals surface area contributed by atoms with Crippen molar-refractivity contribution in [3.63, 3.8) is 0 Å². The molecule has 5 unspecified atom stereocenters. The predicted molar refractivity (Wildman–Crippen MR) is 542 cm³/mol. The summed E-state index contributed by atoms with van der Waals surface area (Å²) in [7, 11) is 19.3. The average Bonchev–Trinajstić information content (AvgIpc) is 1.63. The van der Waals surface area contributed by atoms with Gasteiger partial charge in [-0.05, 0) is 222 Å². The molecule has 14 N–H and O–H groups in total. The molecule has 1 fully saturated rings. The summed E-state index contributed by atoms with van der Waals surface area (Å²) in [6, 6.07) is 45.5. The molecule has 16 rings (SSSR count). The molecule has 6 aliphatic heterocycles. The first kappa shape index (κ1) is 111. The summed E-state index contributed by atoms with van der Waals surface area (Å²) >= 11 is 0. The summed E-state index contributed by atoms with van der Waals surface area (Å²) in [4.78, 5) is 75.8. The molecule has 140 heavy (non-hydrogen) atoms. The summed E-state index contributed by atoms with van der Waals surface area (Å²) in [6.07, 6.45) is 1.00. The van der Waals surface area contributed by atoms with E-state index in [9.17, 15) is 75.0 Å². The third-order valence-corrected chi connectivity index (χ3v) is 25.7. The second-order valence-corrected chi connectivity index (χ2v) is 36.1. The van der Waals surface area contributed by atoms with E-state index < -0.39 is 12.2 Å². The van der Waals surface area contributed by atoms with Crippen LogP contribution in [0.4, 0.5) is 0 Å². The first-order chi connectivity index (χ1) is 66.1. The summed E-state index contributed by atoms with van der Waals surface area (Å²) in [5.74, 6) is 1.25. The number of phenolic OH excluding ortho intramolecular Hbond substituents is 6. The molecule has 0 radical (unpaired) electrons. The molecule has 5 amide bonds. The van der Waals surface area contributed by atoms with Crippen molar-refractivity contribution in [1.82, 2.24) is 50.7 Å². The van der Waals surface area contributed by atoms with Crippen LogP contribution in [0.15, 0.2) is 152 Å². The number of hydrogen-bond donors (Lipinski definition) is 14. The Labute approximate surface area is 823 Å². The molecule has 10 aromatic rings. The number of carbonyl (C=O) groups is 5. The van der Waals surface area contributed by atoms with Crippen LogP contribution < -0.4 is 40.2 Å². The lowest BCUT2D eigenvalue weighted by Gasteiger charge is -2.19. The number of benzene rings is 10. The Morgan fingerprint density at radius 3 is 0.993 bits per heavy atom. The number of aromatic hydroxyl groups is 6. The van der Waals surface area contributed by atoms with Crippen LogP contribution in [0, 0.1) is 0 Å². The minimum absolute atomic E-state index is 0. The van der Waals surface area contributed by atoms with Crippen LogP contribution in [0.1, 0.15) is 269 Å². The number of hydrogen-bond acceptors (Lipinski definition) is 25. The Balaban J connectivity index is 0.000000193. The monoisotopic (exact) mass is 1930 g/mol. The molecule has 1 saturated heterocycles. The molecule has 6 heterocycles. The molecular weight excluding hydrogens is 1780 g/mol. The molecule has 0 spiro atoms. The van der Waals surface area contributed by atoms with E-state index in [1.54, 1.807) is 92.5 Å². The van der Waals surface area contributed by atoms with Crippen LogP contribution in [-0.4, -0.2) is 221 Å². The van der Waals surface area contributed by atoms with Gasteiger partial charge in [-0.3, -0.25) is 24.0 Å². The van der Waals surface area contributed by atoms with Crippen molar-refractivity contribution in [2.75, 3.05) is 111 Å². The highest BCUT2D eigenvalue weighted by molar-refractivity contribution is 6.01. The van der Waals surface area contributed by atoms with Gasteiger partial charge < -0.3 is 125 Å². The van der Waals surface area contributed by atoms with Crippen molar-refractivity contribution in [2.24, 2.45) is 0 Å². The van der Waals surface area contributed by atoms with E-state index in [4.69, 9.17) is 23.7 Å². The number of aliphatic hydroxyl groups excluding tert-OH is 4. The molecule has 5 atom stereocenters. The molecule has 0 aromatic heterocycles. The Morgan fingerprint density at radius 2 is 0.679 bits per heavy atom. The maximum Gasteiger partial charge on any atom is 0.258 e. The SMILES string of the molecule is C.C.CCc1cc(C(=O)N2Cc3ccc(C(CO)NC)cc3C2)c(O)cc1O.CCc1cc(C(=O)N2Cc3ccc(C(O)CNC)cc3C2)c(O)cc1O.CCc1cc(C(=O)N2Cc3ccc(C4CO4)cc3C2)c(OC)cc1OC.CNC.CNC(CO)c1ccc2c(c1)CN(C(=O)c1cc(C(C)C)c(OC)cc1O)C2.COc1cc(O)c(C(=O)N2Cc3ccc(C(O)CN(C)C)cc3C2)cc1C(C)C. The molecule has 30 nitrogen and oxygen atoms in total. The molecule has 754 valence electrons. The van der Waals surface area contributed by atoms with E-state index in [0.717, 1.165) is 102 Å². The maximum atomic E-state index is 13.2. The van der Waals surface area contributed by atoms with Crippen LogP contribution in [-0.2, 0) is 89.4 Å². The second-order valence-electron chi connectivity index (χ2n) is 36.1. The highest BCUT2D eigenvalue weighted by Gasteiger charge is 2.36. The van der Waals surface area contributed by atoms with Gasteiger partial charge in [-0.15, -0.1) is 0 Å². The van der Waals surface area contributed by atoms with Gasteiger partial charge >= 0.3 is 0 Å². The third-order valence-electron chi connectivity index (χ3n) is 25.7. The van der Waals surface area contributed by atoms with Crippen molar-refractivity contribution >= 4 is 29.5 Å². The number of rotatable bonds is 27. The highest BCUT2D eigenvalue weighted by atomic mass is 16.6. The van der Waals surface area contributed by atoms with Crippen LogP contribution >= 0.6 is 0 Å². The van der Waals surface area contributed by atoms with Gasteiger partial charge in [0.25, 0.3) is 29.5 Å². The van der Waals surface area contributed by atoms with Crippen molar-refractivity contribution in [2.45, 2.75) is 190 Å². The number of methoxy groups -OCH3 is 4. The van der Waals surface area contributed by atoms with Crippen LogP contribution in [0.3, 0.4) is 0 Å². The first-order valence-electron chi connectivity index (χ1n) is 46.7. The number of epoxide rings is 1. The molecule has 30 heteroatoms. The van der Waals surface area contributed by atoms with Gasteiger partial charge in [-0.2, -0.15) is 0 Å². The Kier molecular flexibility index (Phi) is 39.8. The van der Waals surface area contributed by atoms with Crippen LogP contribution in [0.5, 0.6) is 57.5 Å². The summed E-state index contributed by atoms with van der Waals surface area (Å²) in [5.41, 5.74) is 21.2. The lowest BCUT2D eigenvalue weighted by atomic mass is 9.98. The zero-order chi connectivity index (χ0) is 100. The summed E-state index contributed by atoms with van der Waals surface area (Å²) < 4.78 is 26.9. The third kappa shape index (κ3) is 26.0. The van der Waals surface area contributed by atoms with Gasteiger partial charge in [0.15, 0.2) is 0 Å². The minimum Gasteiger partial charge on any atom is -0.508 e. The average molecular weight is 1930 g/mol. The number of carbonyl (C=O) groups excluding carboxylic acids is 5. The van der Waals surface area contributed by atoms with E-state index >= 15 is 0 Å². The number of aliphatic hydroxyl groups is 4.